The average molecular weight is 316 g/mol. The molecule has 4 saturated carbocycles. The summed E-state index contributed by atoms with van der Waals surface area (Å²) < 4.78 is 0. The van der Waals surface area contributed by atoms with E-state index in [4.69, 9.17) is 0 Å². The summed E-state index contributed by atoms with van der Waals surface area (Å²) in [6, 6.07) is 0. The Hall–Kier alpha value is -0.660. The van der Waals surface area contributed by atoms with Crippen LogP contribution in [-0.4, -0.2) is 11.6 Å². The van der Waals surface area contributed by atoms with Crippen molar-refractivity contribution >= 4 is 11.6 Å². The highest BCUT2D eigenvalue weighted by Crippen LogP contribution is 2.66. The van der Waals surface area contributed by atoms with E-state index in [0.717, 1.165) is 43.9 Å². The van der Waals surface area contributed by atoms with Crippen LogP contribution >= 0.6 is 0 Å². The van der Waals surface area contributed by atoms with Gasteiger partial charge in [0.1, 0.15) is 11.6 Å². The molecule has 0 aromatic heterocycles. The molecule has 0 bridgehead atoms. The normalized spacial score (nSPS) is 52.7. The molecule has 4 fully saturated rings. The Morgan fingerprint density at radius 3 is 2.48 bits per heavy atom. The summed E-state index contributed by atoms with van der Waals surface area (Å²) in [5.41, 5.74) is 0.631. The van der Waals surface area contributed by atoms with Gasteiger partial charge in [-0.1, -0.05) is 20.8 Å². The topological polar surface area (TPSA) is 34.1 Å². The lowest BCUT2D eigenvalue weighted by Crippen LogP contribution is -2.53. The maximum Gasteiger partial charge on any atom is 0.136 e. The van der Waals surface area contributed by atoms with Crippen LogP contribution in [0.3, 0.4) is 0 Å². The summed E-state index contributed by atoms with van der Waals surface area (Å²) in [4.78, 5) is 24.5. The largest absolute Gasteiger partial charge is 0.300 e. The molecule has 0 aromatic rings. The van der Waals surface area contributed by atoms with Crippen molar-refractivity contribution in [2.45, 2.75) is 78.6 Å². The van der Waals surface area contributed by atoms with E-state index in [1.54, 1.807) is 0 Å². The lowest BCUT2D eigenvalue weighted by atomic mass is 9.45. The molecule has 128 valence electrons. The molecular weight excluding hydrogens is 284 g/mol. The Balaban J connectivity index is 1.65. The second-order valence-corrected chi connectivity index (χ2v) is 9.58. The average Bonchev–Trinajstić information content (AvgIpc) is 2.77. The van der Waals surface area contributed by atoms with Crippen LogP contribution in [-0.2, 0) is 9.59 Å². The van der Waals surface area contributed by atoms with Gasteiger partial charge in [0.2, 0.25) is 0 Å². The summed E-state index contributed by atoms with van der Waals surface area (Å²) in [7, 11) is 0. The van der Waals surface area contributed by atoms with Gasteiger partial charge in [-0.05, 0) is 73.0 Å². The third-order valence-corrected chi connectivity index (χ3v) is 8.93. The Bertz CT molecular complexity index is 538. The van der Waals surface area contributed by atoms with E-state index < -0.39 is 0 Å². The van der Waals surface area contributed by atoms with Crippen LogP contribution in [0.5, 0.6) is 0 Å². The molecule has 23 heavy (non-hydrogen) atoms. The number of hydrogen-bond acceptors (Lipinski definition) is 2. The smallest absolute Gasteiger partial charge is 0.136 e. The van der Waals surface area contributed by atoms with Gasteiger partial charge in [0.25, 0.3) is 0 Å². The molecule has 2 nitrogen and oxygen atoms in total. The van der Waals surface area contributed by atoms with Crippen molar-refractivity contribution < 1.29 is 9.59 Å². The summed E-state index contributed by atoms with van der Waals surface area (Å²) in [5.74, 6) is 4.09. The van der Waals surface area contributed by atoms with Crippen molar-refractivity contribution in [2.24, 2.45) is 40.4 Å². The van der Waals surface area contributed by atoms with Crippen molar-refractivity contribution in [1.82, 2.24) is 0 Å². The number of carbonyl (C=O) groups excluding carboxylic acids is 2. The van der Waals surface area contributed by atoms with Crippen molar-refractivity contribution in [3.8, 4) is 0 Å². The molecule has 0 aromatic carbocycles. The Labute approximate surface area is 140 Å². The van der Waals surface area contributed by atoms with Gasteiger partial charge < -0.3 is 0 Å². The third kappa shape index (κ3) is 2.05. The minimum Gasteiger partial charge on any atom is -0.300 e. The highest BCUT2D eigenvalue weighted by Gasteiger charge is 2.61. The maximum atomic E-state index is 12.6. The van der Waals surface area contributed by atoms with Crippen molar-refractivity contribution in [1.29, 1.82) is 0 Å². The monoisotopic (exact) mass is 316 g/mol. The molecule has 4 aliphatic carbocycles. The minimum atomic E-state index is 0.265. The lowest BCUT2D eigenvalue weighted by Gasteiger charge is -2.60. The van der Waals surface area contributed by atoms with Gasteiger partial charge in [-0.15, -0.1) is 0 Å². The first-order valence-electron chi connectivity index (χ1n) is 9.94. The van der Waals surface area contributed by atoms with Gasteiger partial charge in [0.15, 0.2) is 0 Å². The highest BCUT2D eigenvalue weighted by molar-refractivity contribution is 5.85. The quantitative estimate of drug-likeness (QED) is 0.696. The van der Waals surface area contributed by atoms with E-state index in [-0.39, 0.29) is 5.41 Å². The zero-order valence-corrected chi connectivity index (χ0v) is 15.1. The van der Waals surface area contributed by atoms with Gasteiger partial charge in [0, 0.05) is 25.2 Å². The van der Waals surface area contributed by atoms with E-state index >= 15 is 0 Å². The summed E-state index contributed by atoms with van der Waals surface area (Å²) >= 11 is 0. The molecule has 0 unspecified atom stereocenters. The van der Waals surface area contributed by atoms with Crippen molar-refractivity contribution in [2.75, 3.05) is 0 Å². The fourth-order valence-electron chi connectivity index (χ4n) is 7.63. The molecule has 0 saturated heterocycles. The zero-order valence-electron chi connectivity index (χ0n) is 15.1. The van der Waals surface area contributed by atoms with Gasteiger partial charge in [-0.25, -0.2) is 0 Å². The van der Waals surface area contributed by atoms with E-state index in [1.807, 2.05) is 0 Å². The van der Waals surface area contributed by atoms with Gasteiger partial charge in [-0.2, -0.15) is 0 Å². The van der Waals surface area contributed by atoms with E-state index in [1.165, 1.54) is 25.7 Å². The molecule has 4 aliphatic rings. The lowest BCUT2D eigenvalue weighted by molar-refractivity contribution is -0.139. The number of ketones is 2. The van der Waals surface area contributed by atoms with Gasteiger partial charge in [0.05, 0.1) is 0 Å². The zero-order chi connectivity index (χ0) is 16.4. The predicted molar refractivity (Wildman–Crippen MR) is 90.9 cm³/mol. The number of Topliss-reactive ketones (excluding diaryl/α,β-unsaturated/α-hetero) is 2. The molecule has 0 spiro atoms. The number of fused-ring (bicyclic) bond motifs is 5. The Kier molecular flexibility index (Phi) is 3.56. The van der Waals surface area contributed by atoms with Crippen LogP contribution in [0.2, 0.25) is 0 Å². The first-order chi connectivity index (χ1) is 10.9. The fraction of sp³-hybridized carbons (Fsp3) is 0.905. The number of hydrogen-bond donors (Lipinski definition) is 0. The molecule has 0 radical (unpaired) electrons. The van der Waals surface area contributed by atoms with Crippen LogP contribution in [0.1, 0.15) is 78.6 Å². The Morgan fingerprint density at radius 2 is 1.74 bits per heavy atom. The first kappa shape index (κ1) is 15.8. The number of carbonyl (C=O) groups is 2. The van der Waals surface area contributed by atoms with Gasteiger partial charge in [-0.3, -0.25) is 9.59 Å². The molecule has 0 N–H and O–H groups in total. The first-order valence-corrected chi connectivity index (χ1v) is 9.94. The van der Waals surface area contributed by atoms with Crippen LogP contribution < -0.4 is 0 Å². The summed E-state index contributed by atoms with van der Waals surface area (Å²) in [6.45, 7) is 7.11. The maximum absolute atomic E-state index is 12.6. The summed E-state index contributed by atoms with van der Waals surface area (Å²) in [5, 5.41) is 0. The Morgan fingerprint density at radius 1 is 0.957 bits per heavy atom. The molecule has 0 amide bonds. The van der Waals surface area contributed by atoms with Crippen molar-refractivity contribution in [3.05, 3.63) is 0 Å². The van der Waals surface area contributed by atoms with E-state index in [9.17, 15) is 9.59 Å². The third-order valence-electron chi connectivity index (χ3n) is 8.93. The number of rotatable bonds is 1. The van der Waals surface area contributed by atoms with E-state index in [2.05, 4.69) is 20.8 Å². The fourth-order valence-corrected chi connectivity index (χ4v) is 7.63. The van der Waals surface area contributed by atoms with Crippen LogP contribution in [0.25, 0.3) is 0 Å². The summed E-state index contributed by atoms with van der Waals surface area (Å²) in [6.07, 6.45) is 9.62. The molecule has 0 aliphatic heterocycles. The molecule has 0 heterocycles. The second-order valence-electron chi connectivity index (χ2n) is 9.58. The highest BCUT2D eigenvalue weighted by atomic mass is 16.1. The molecule has 4 rings (SSSR count). The molecule has 2 heteroatoms. The van der Waals surface area contributed by atoms with E-state index in [0.29, 0.717) is 34.7 Å². The standard InChI is InChI=1S/C21H32O2/c1-4-16-19(23)12-18-15-6-5-13-11-14(22)7-9-20(13,2)17(15)8-10-21(16,18)3/h13,15-18H,4-12H2,1-3H3/t13-,15+,16-,17-,18-,20-,21+/m0/s1. The second kappa shape index (κ2) is 5.17. The van der Waals surface area contributed by atoms with Crippen LogP contribution in [0, 0.1) is 40.4 Å². The molecule has 7 atom stereocenters. The SMILES string of the molecule is CC[C@H]1C(=O)C[C@H]2[C@@H]3CC[C@H]4CC(=O)CC[C@]4(C)[C@H]3CC[C@]12C. The van der Waals surface area contributed by atoms with Crippen molar-refractivity contribution in [3.63, 3.8) is 0 Å². The van der Waals surface area contributed by atoms with Gasteiger partial charge >= 0.3 is 0 Å². The van der Waals surface area contributed by atoms with Crippen LogP contribution in [0.4, 0.5) is 0 Å². The minimum absolute atomic E-state index is 0.265. The molecular formula is C21H32O2. The van der Waals surface area contributed by atoms with Crippen LogP contribution in [0.15, 0.2) is 0 Å². The predicted octanol–water partition coefficient (Wildman–Crippen LogP) is 4.80.